The first-order valence-corrected chi connectivity index (χ1v) is 14.0. The predicted octanol–water partition coefficient (Wildman–Crippen LogP) is 5.53. The van der Waals surface area contributed by atoms with Crippen LogP contribution in [0.5, 0.6) is 11.5 Å². The Bertz CT molecular complexity index is 1100. The highest BCUT2D eigenvalue weighted by Gasteiger charge is 2.35. The summed E-state index contributed by atoms with van der Waals surface area (Å²) in [4.78, 5) is 42.2. The maximum absolute atomic E-state index is 13.3. The van der Waals surface area contributed by atoms with E-state index in [-0.39, 0.29) is 29.2 Å². The van der Waals surface area contributed by atoms with Crippen molar-refractivity contribution in [2.75, 3.05) is 7.11 Å². The fourth-order valence-corrected chi connectivity index (χ4v) is 5.51. The van der Waals surface area contributed by atoms with Gasteiger partial charge in [0.15, 0.2) is 11.4 Å². The Morgan fingerprint density at radius 3 is 2.56 bits per heavy atom. The lowest BCUT2D eigenvalue weighted by atomic mass is 9.77. The average molecular weight is 539 g/mol. The Labute approximate surface area is 231 Å². The fourth-order valence-electron chi connectivity index (χ4n) is 5.51. The molecule has 0 spiro atoms. The second-order valence-electron chi connectivity index (χ2n) is 10.8. The zero-order chi connectivity index (χ0) is 28.4. The third kappa shape index (κ3) is 8.80. The number of carbonyl (C=O) groups excluding carboxylic acids is 3. The van der Waals surface area contributed by atoms with Crippen LogP contribution in [0.3, 0.4) is 0 Å². The van der Waals surface area contributed by atoms with E-state index in [0.717, 1.165) is 38.5 Å². The molecular formula is C31H42N2O6. The van der Waals surface area contributed by atoms with Crippen molar-refractivity contribution in [2.45, 2.75) is 84.8 Å². The summed E-state index contributed by atoms with van der Waals surface area (Å²) in [7, 11) is 1.41. The quantitative estimate of drug-likeness (QED) is 0.397. The molecule has 1 aliphatic rings. The van der Waals surface area contributed by atoms with Gasteiger partial charge >= 0.3 is 11.9 Å². The number of methoxy groups -OCH3 is 1. The van der Waals surface area contributed by atoms with E-state index in [1.165, 1.54) is 31.9 Å². The zero-order valence-electron chi connectivity index (χ0n) is 23.8. The van der Waals surface area contributed by atoms with E-state index in [1.54, 1.807) is 0 Å². The summed E-state index contributed by atoms with van der Waals surface area (Å²) >= 11 is 0. The molecule has 1 N–H and O–H groups in total. The number of aryl methyl sites for hydroxylation is 1. The predicted molar refractivity (Wildman–Crippen MR) is 149 cm³/mol. The molecule has 0 aliphatic carbocycles. The molecule has 4 atom stereocenters. The minimum atomic E-state index is -0.833. The largest absolute Gasteiger partial charge is 0.493 e. The number of hydrogen-bond donors (Lipinski definition) is 1. The van der Waals surface area contributed by atoms with Crippen LogP contribution in [-0.2, 0) is 20.7 Å². The van der Waals surface area contributed by atoms with Crippen LogP contribution >= 0.6 is 0 Å². The second-order valence-corrected chi connectivity index (χ2v) is 10.8. The third-order valence-corrected chi connectivity index (χ3v) is 7.34. The SMILES string of the molecule is COc1ccnc(C(=O)N[C@H]2CCC[C@H](CCCc3ccccc3)[C@@H](CC(C)C)[C@H](C)OC2=O)c1OC(C)=O. The summed E-state index contributed by atoms with van der Waals surface area (Å²) in [5.74, 6) is -0.429. The fraction of sp³-hybridized carbons (Fsp3) is 0.548. The van der Waals surface area contributed by atoms with Crippen LogP contribution in [0.1, 0.15) is 82.3 Å². The standard InChI is InChI=1S/C31H42N2O6/c1-20(2)19-25-21(3)38-31(36)26(16-10-15-24(25)14-9-13-23-11-7-6-8-12-23)33-30(35)28-29(39-22(4)34)27(37-5)17-18-32-28/h6-8,11-12,17-18,20-21,24-26H,9-10,13-16,19H2,1-5H3,(H,33,35)/t21-,24-,25-,26-/m0/s1. The van der Waals surface area contributed by atoms with Crippen LogP contribution in [0.2, 0.25) is 0 Å². The van der Waals surface area contributed by atoms with Gasteiger partial charge < -0.3 is 19.5 Å². The van der Waals surface area contributed by atoms with Crippen LogP contribution < -0.4 is 14.8 Å². The van der Waals surface area contributed by atoms with Crippen LogP contribution in [0.4, 0.5) is 0 Å². The highest BCUT2D eigenvalue weighted by molar-refractivity contribution is 5.98. The van der Waals surface area contributed by atoms with Gasteiger partial charge in [-0.1, -0.05) is 50.6 Å². The van der Waals surface area contributed by atoms with Gasteiger partial charge in [-0.15, -0.1) is 0 Å². The van der Waals surface area contributed by atoms with Crippen LogP contribution in [0.25, 0.3) is 0 Å². The maximum atomic E-state index is 13.3. The van der Waals surface area contributed by atoms with Gasteiger partial charge in [-0.25, -0.2) is 9.78 Å². The van der Waals surface area contributed by atoms with Crippen molar-refractivity contribution in [3.8, 4) is 11.5 Å². The first kappa shape index (κ1) is 30.1. The van der Waals surface area contributed by atoms with Crippen molar-refractivity contribution in [1.29, 1.82) is 0 Å². The Kier molecular flexibility index (Phi) is 11.3. The zero-order valence-corrected chi connectivity index (χ0v) is 23.8. The van der Waals surface area contributed by atoms with Gasteiger partial charge in [-0.2, -0.15) is 0 Å². The lowest BCUT2D eigenvalue weighted by Crippen LogP contribution is -2.43. The van der Waals surface area contributed by atoms with Crippen molar-refractivity contribution in [1.82, 2.24) is 10.3 Å². The molecule has 1 aliphatic heterocycles. The number of pyridine rings is 1. The number of hydrogen-bond acceptors (Lipinski definition) is 7. The van der Waals surface area contributed by atoms with Crippen LogP contribution in [0, 0.1) is 17.8 Å². The number of carbonyl (C=O) groups is 3. The molecule has 1 saturated heterocycles. The van der Waals surface area contributed by atoms with E-state index in [1.807, 2.05) is 13.0 Å². The van der Waals surface area contributed by atoms with Gasteiger partial charge in [0.1, 0.15) is 12.1 Å². The highest BCUT2D eigenvalue weighted by Crippen LogP contribution is 2.35. The molecule has 1 aromatic heterocycles. The van der Waals surface area contributed by atoms with Crippen molar-refractivity contribution < 1.29 is 28.6 Å². The molecule has 212 valence electrons. The summed E-state index contributed by atoms with van der Waals surface area (Å²) in [6.45, 7) is 7.61. The van der Waals surface area contributed by atoms with Gasteiger partial charge in [0.2, 0.25) is 5.75 Å². The normalized spacial score (nSPS) is 21.7. The molecular weight excluding hydrogens is 496 g/mol. The number of nitrogens with zero attached hydrogens (tertiary/aromatic N) is 1. The van der Waals surface area contributed by atoms with Gasteiger partial charge in [0, 0.05) is 19.2 Å². The highest BCUT2D eigenvalue weighted by atomic mass is 16.6. The molecule has 8 nitrogen and oxygen atoms in total. The molecule has 0 saturated carbocycles. The molecule has 39 heavy (non-hydrogen) atoms. The van der Waals surface area contributed by atoms with Gasteiger partial charge in [-0.05, 0) is 68.8 Å². The topological polar surface area (TPSA) is 104 Å². The van der Waals surface area contributed by atoms with E-state index in [0.29, 0.717) is 18.3 Å². The average Bonchev–Trinajstić information content (AvgIpc) is 2.94. The Morgan fingerprint density at radius 2 is 1.90 bits per heavy atom. The van der Waals surface area contributed by atoms with Gasteiger partial charge in [0.05, 0.1) is 7.11 Å². The van der Waals surface area contributed by atoms with E-state index in [4.69, 9.17) is 14.2 Å². The molecule has 3 rings (SSSR count). The third-order valence-electron chi connectivity index (χ3n) is 7.34. The van der Waals surface area contributed by atoms with E-state index in [2.05, 4.69) is 48.4 Å². The van der Waals surface area contributed by atoms with Crippen molar-refractivity contribution in [3.63, 3.8) is 0 Å². The summed E-state index contributed by atoms with van der Waals surface area (Å²) in [6.07, 6.45) is 7.43. The first-order chi connectivity index (χ1) is 18.7. The molecule has 1 aromatic carbocycles. The van der Waals surface area contributed by atoms with Gasteiger partial charge in [0.25, 0.3) is 5.91 Å². The van der Waals surface area contributed by atoms with E-state index >= 15 is 0 Å². The number of nitrogens with one attached hydrogen (secondary N) is 1. The minimum Gasteiger partial charge on any atom is -0.493 e. The lowest BCUT2D eigenvalue weighted by molar-refractivity contribution is -0.154. The Morgan fingerprint density at radius 1 is 1.15 bits per heavy atom. The molecule has 0 radical (unpaired) electrons. The molecule has 2 aromatic rings. The van der Waals surface area contributed by atoms with Crippen molar-refractivity contribution >= 4 is 17.8 Å². The molecule has 1 fully saturated rings. The first-order valence-electron chi connectivity index (χ1n) is 14.0. The number of cyclic esters (lactones) is 1. The number of esters is 2. The van der Waals surface area contributed by atoms with Crippen LogP contribution in [0.15, 0.2) is 42.6 Å². The number of ether oxygens (including phenoxy) is 3. The number of rotatable bonds is 10. The molecule has 8 heteroatoms. The van der Waals surface area contributed by atoms with Crippen molar-refractivity contribution in [2.24, 2.45) is 17.8 Å². The Hall–Kier alpha value is -3.42. The monoisotopic (exact) mass is 538 g/mol. The van der Waals surface area contributed by atoms with E-state index in [9.17, 15) is 14.4 Å². The number of aromatic nitrogens is 1. The molecule has 2 heterocycles. The van der Waals surface area contributed by atoms with E-state index < -0.39 is 23.9 Å². The summed E-state index contributed by atoms with van der Waals surface area (Å²) in [5, 5.41) is 2.78. The minimum absolute atomic E-state index is 0.0784. The lowest BCUT2D eigenvalue weighted by Gasteiger charge is -2.32. The smallest absolute Gasteiger partial charge is 0.328 e. The molecule has 0 bridgehead atoms. The van der Waals surface area contributed by atoms with Crippen molar-refractivity contribution in [3.05, 3.63) is 53.9 Å². The second kappa shape index (κ2) is 14.7. The number of benzene rings is 1. The van der Waals surface area contributed by atoms with Gasteiger partial charge in [-0.3, -0.25) is 9.59 Å². The van der Waals surface area contributed by atoms with Crippen LogP contribution in [-0.4, -0.2) is 42.1 Å². The maximum Gasteiger partial charge on any atom is 0.328 e. The Balaban J connectivity index is 1.74. The summed E-state index contributed by atoms with van der Waals surface area (Å²) in [5.41, 5.74) is 1.21. The molecule has 1 amide bonds. The summed E-state index contributed by atoms with van der Waals surface area (Å²) < 4.78 is 16.4. The number of amides is 1. The summed E-state index contributed by atoms with van der Waals surface area (Å²) in [6, 6.07) is 11.2. The molecule has 0 unspecified atom stereocenters.